The van der Waals surface area contributed by atoms with Crippen LogP contribution in [-0.2, 0) is 6.54 Å². The van der Waals surface area contributed by atoms with Crippen LogP contribution >= 0.6 is 35.6 Å². The third-order valence-electron chi connectivity index (χ3n) is 2.78. The smallest absolute Gasteiger partial charge is 0.0931 e. The zero-order valence-corrected chi connectivity index (χ0v) is 12.6. The Morgan fingerprint density at radius 1 is 1.44 bits per heavy atom. The summed E-state index contributed by atoms with van der Waals surface area (Å²) in [5.41, 5.74) is 0. The highest BCUT2D eigenvalue weighted by Crippen LogP contribution is 2.23. The lowest BCUT2D eigenvalue weighted by Gasteiger charge is -2.25. The summed E-state index contributed by atoms with van der Waals surface area (Å²) in [6, 6.07) is 4.07. The number of thiol groups is 1. The van der Waals surface area contributed by atoms with Gasteiger partial charge in [-0.2, -0.15) is 12.6 Å². The lowest BCUT2D eigenvalue weighted by atomic mass is 9.97. The van der Waals surface area contributed by atoms with Crippen LogP contribution in [0.2, 0.25) is 4.34 Å². The van der Waals surface area contributed by atoms with E-state index in [1.165, 1.54) is 4.88 Å². The van der Waals surface area contributed by atoms with Gasteiger partial charge in [-0.3, -0.25) is 0 Å². The van der Waals surface area contributed by atoms with E-state index in [0.717, 1.165) is 23.2 Å². The molecule has 0 N–H and O–H groups in total. The molecule has 16 heavy (non-hydrogen) atoms. The predicted molar refractivity (Wildman–Crippen MR) is 77.8 cm³/mol. The van der Waals surface area contributed by atoms with Crippen molar-refractivity contribution >= 4 is 35.6 Å². The molecule has 0 aromatic carbocycles. The van der Waals surface area contributed by atoms with Crippen LogP contribution in [0, 0.1) is 11.8 Å². The van der Waals surface area contributed by atoms with Gasteiger partial charge in [-0.15, -0.1) is 11.3 Å². The largest absolute Gasteiger partial charge is 0.301 e. The monoisotopic (exact) mass is 277 g/mol. The predicted octanol–water partition coefficient (Wildman–Crippen LogP) is 4.04. The average Bonchev–Trinajstić information content (AvgIpc) is 2.60. The number of halogens is 1. The van der Waals surface area contributed by atoms with Gasteiger partial charge in [0, 0.05) is 18.0 Å². The Morgan fingerprint density at radius 2 is 2.12 bits per heavy atom. The molecule has 1 rings (SSSR count). The molecule has 0 fully saturated rings. The van der Waals surface area contributed by atoms with Crippen LogP contribution in [0.4, 0.5) is 0 Å². The van der Waals surface area contributed by atoms with E-state index >= 15 is 0 Å². The molecule has 0 spiro atoms. The Balaban J connectivity index is 2.43. The zero-order chi connectivity index (χ0) is 12.1. The topological polar surface area (TPSA) is 3.24 Å². The van der Waals surface area contributed by atoms with Crippen LogP contribution in [0.5, 0.6) is 0 Å². The second-order valence-corrected chi connectivity index (χ2v) is 6.75. The molecule has 1 aromatic rings. The fourth-order valence-corrected chi connectivity index (χ4v) is 3.35. The maximum Gasteiger partial charge on any atom is 0.0931 e. The zero-order valence-electron chi connectivity index (χ0n) is 10.1. The van der Waals surface area contributed by atoms with E-state index in [-0.39, 0.29) is 0 Å². The van der Waals surface area contributed by atoms with Crippen LogP contribution < -0.4 is 0 Å². The van der Waals surface area contributed by atoms with Gasteiger partial charge >= 0.3 is 0 Å². The minimum absolute atomic E-state index is 0.656. The van der Waals surface area contributed by atoms with Gasteiger partial charge in [0.25, 0.3) is 0 Å². The van der Waals surface area contributed by atoms with Crippen LogP contribution in [0.25, 0.3) is 0 Å². The van der Waals surface area contributed by atoms with Gasteiger partial charge < -0.3 is 4.90 Å². The third kappa shape index (κ3) is 4.66. The van der Waals surface area contributed by atoms with Gasteiger partial charge in [0.1, 0.15) is 0 Å². The van der Waals surface area contributed by atoms with E-state index in [9.17, 15) is 0 Å². The Hall–Kier alpha value is 0.300. The molecule has 0 aliphatic carbocycles. The van der Waals surface area contributed by atoms with Gasteiger partial charge in [-0.25, -0.2) is 0 Å². The fourth-order valence-electron chi connectivity index (χ4n) is 1.65. The first-order chi connectivity index (χ1) is 7.52. The number of hydrogen-bond donors (Lipinski definition) is 1. The first-order valence-corrected chi connectivity index (χ1v) is 7.39. The molecule has 0 saturated heterocycles. The standard InChI is InChI=1S/C12H20ClNS2/c1-9(2)10(8-15)6-14(3)7-11-4-5-12(13)16-11/h4-5,9-10,15H,6-8H2,1-3H3. The summed E-state index contributed by atoms with van der Waals surface area (Å²) in [5, 5.41) is 0. The Kier molecular flexibility index (Phi) is 6.19. The Bertz CT molecular complexity index is 312. The molecule has 1 nitrogen and oxygen atoms in total. The lowest BCUT2D eigenvalue weighted by molar-refractivity contribution is 0.248. The quantitative estimate of drug-likeness (QED) is 0.768. The van der Waals surface area contributed by atoms with E-state index in [1.807, 2.05) is 6.07 Å². The normalized spacial score (nSPS) is 13.7. The number of rotatable bonds is 6. The first-order valence-electron chi connectivity index (χ1n) is 5.56. The van der Waals surface area contributed by atoms with Crippen LogP contribution in [0.1, 0.15) is 18.7 Å². The van der Waals surface area contributed by atoms with Crippen LogP contribution in [0.3, 0.4) is 0 Å². The molecule has 92 valence electrons. The van der Waals surface area contributed by atoms with Crippen molar-refractivity contribution in [2.45, 2.75) is 20.4 Å². The summed E-state index contributed by atoms with van der Waals surface area (Å²) in [5.74, 6) is 2.29. The molecule has 1 heterocycles. The van der Waals surface area contributed by atoms with Gasteiger partial charge in [-0.05, 0) is 36.8 Å². The SMILES string of the molecule is CC(C)C(CS)CN(C)Cc1ccc(Cl)s1. The molecule has 1 atom stereocenters. The molecule has 1 unspecified atom stereocenters. The maximum atomic E-state index is 5.92. The van der Waals surface area contributed by atoms with Crippen molar-refractivity contribution in [2.24, 2.45) is 11.8 Å². The van der Waals surface area contributed by atoms with Gasteiger partial charge in [0.2, 0.25) is 0 Å². The van der Waals surface area contributed by atoms with E-state index in [2.05, 4.69) is 44.5 Å². The summed E-state index contributed by atoms with van der Waals surface area (Å²) in [7, 11) is 2.16. The highest BCUT2D eigenvalue weighted by Gasteiger charge is 2.14. The second-order valence-electron chi connectivity index (χ2n) is 4.59. The van der Waals surface area contributed by atoms with E-state index in [0.29, 0.717) is 11.8 Å². The summed E-state index contributed by atoms with van der Waals surface area (Å²) >= 11 is 12.0. The van der Waals surface area contributed by atoms with Gasteiger partial charge in [0.15, 0.2) is 0 Å². The molecule has 0 bridgehead atoms. The maximum absolute atomic E-state index is 5.92. The minimum Gasteiger partial charge on any atom is -0.301 e. The summed E-state index contributed by atoms with van der Waals surface area (Å²) in [6.45, 7) is 6.60. The minimum atomic E-state index is 0.656. The molecule has 0 saturated carbocycles. The average molecular weight is 278 g/mol. The number of thiophene rings is 1. The summed E-state index contributed by atoms with van der Waals surface area (Å²) in [4.78, 5) is 3.68. The van der Waals surface area contributed by atoms with Crippen molar-refractivity contribution in [3.8, 4) is 0 Å². The van der Waals surface area contributed by atoms with Crippen molar-refractivity contribution in [1.82, 2.24) is 4.90 Å². The van der Waals surface area contributed by atoms with Crippen molar-refractivity contribution in [3.05, 3.63) is 21.3 Å². The van der Waals surface area contributed by atoms with Crippen molar-refractivity contribution in [1.29, 1.82) is 0 Å². The van der Waals surface area contributed by atoms with Crippen molar-refractivity contribution < 1.29 is 0 Å². The van der Waals surface area contributed by atoms with Crippen molar-refractivity contribution in [3.63, 3.8) is 0 Å². The number of nitrogens with zero attached hydrogens (tertiary/aromatic N) is 1. The molecule has 0 aliphatic heterocycles. The molecule has 0 aliphatic rings. The van der Waals surface area contributed by atoms with Crippen LogP contribution in [0.15, 0.2) is 12.1 Å². The molecule has 0 amide bonds. The Morgan fingerprint density at radius 3 is 2.56 bits per heavy atom. The molecular weight excluding hydrogens is 258 g/mol. The van der Waals surface area contributed by atoms with Crippen molar-refractivity contribution in [2.75, 3.05) is 19.3 Å². The summed E-state index contributed by atoms with van der Waals surface area (Å²) in [6.07, 6.45) is 0. The molecular formula is C12H20ClNS2. The molecule has 1 aromatic heterocycles. The van der Waals surface area contributed by atoms with E-state index in [4.69, 9.17) is 11.6 Å². The summed E-state index contributed by atoms with van der Waals surface area (Å²) < 4.78 is 0.873. The fraction of sp³-hybridized carbons (Fsp3) is 0.667. The lowest BCUT2D eigenvalue weighted by Crippen LogP contribution is -2.29. The van der Waals surface area contributed by atoms with Gasteiger partial charge in [0.05, 0.1) is 4.34 Å². The third-order valence-corrected chi connectivity index (χ3v) is 4.46. The first kappa shape index (κ1) is 14.4. The number of hydrogen-bond acceptors (Lipinski definition) is 3. The molecule has 0 radical (unpaired) electrons. The second kappa shape index (κ2) is 6.90. The molecule has 4 heteroatoms. The van der Waals surface area contributed by atoms with E-state index < -0.39 is 0 Å². The van der Waals surface area contributed by atoms with Crippen LogP contribution in [-0.4, -0.2) is 24.2 Å². The Labute approximate surface area is 113 Å². The highest BCUT2D eigenvalue weighted by atomic mass is 35.5. The van der Waals surface area contributed by atoms with E-state index in [1.54, 1.807) is 11.3 Å². The van der Waals surface area contributed by atoms with Gasteiger partial charge in [-0.1, -0.05) is 25.4 Å². The highest BCUT2D eigenvalue weighted by molar-refractivity contribution is 7.80.